The molecule has 0 aliphatic carbocycles. The fourth-order valence-electron chi connectivity index (χ4n) is 3.16. The van der Waals surface area contributed by atoms with Crippen molar-refractivity contribution < 1.29 is 9.94 Å². The maximum Gasteiger partial charge on any atom is 0.0946 e. The first kappa shape index (κ1) is 15.5. The SMILES string of the molecule is CN1OC(CCO)CC1(Cn1ccnc1)c1ccc(Cl)cc1. The highest BCUT2D eigenvalue weighted by Gasteiger charge is 2.46. The second-order valence-corrected chi connectivity index (χ2v) is 6.15. The zero-order valence-corrected chi connectivity index (χ0v) is 13.3. The highest BCUT2D eigenvalue weighted by atomic mass is 35.5. The van der Waals surface area contributed by atoms with E-state index in [9.17, 15) is 5.11 Å². The van der Waals surface area contributed by atoms with E-state index in [4.69, 9.17) is 16.4 Å². The monoisotopic (exact) mass is 321 g/mol. The summed E-state index contributed by atoms with van der Waals surface area (Å²) in [7, 11) is 1.95. The number of imidazole rings is 1. The second kappa shape index (κ2) is 6.38. The Morgan fingerprint density at radius 1 is 1.41 bits per heavy atom. The number of likely N-dealkylation sites (N-methyl/N-ethyl adjacent to an activating group) is 1. The quantitative estimate of drug-likeness (QED) is 0.919. The maximum atomic E-state index is 9.22. The van der Waals surface area contributed by atoms with E-state index in [0.29, 0.717) is 6.42 Å². The van der Waals surface area contributed by atoms with Gasteiger partial charge in [-0.25, -0.2) is 4.98 Å². The van der Waals surface area contributed by atoms with E-state index in [1.54, 1.807) is 6.20 Å². The Labute approximate surface area is 135 Å². The van der Waals surface area contributed by atoms with E-state index in [1.807, 2.05) is 48.9 Å². The average Bonchev–Trinajstić information content (AvgIpc) is 3.10. The molecule has 0 amide bonds. The third kappa shape index (κ3) is 2.90. The van der Waals surface area contributed by atoms with Crippen molar-refractivity contribution in [1.82, 2.24) is 14.6 Å². The van der Waals surface area contributed by atoms with Gasteiger partial charge in [0.2, 0.25) is 0 Å². The lowest BCUT2D eigenvalue weighted by atomic mass is 9.84. The minimum atomic E-state index is -0.300. The molecule has 1 aromatic carbocycles. The molecular weight excluding hydrogens is 302 g/mol. The van der Waals surface area contributed by atoms with Crippen molar-refractivity contribution in [2.45, 2.75) is 31.0 Å². The van der Waals surface area contributed by atoms with E-state index >= 15 is 0 Å². The van der Waals surface area contributed by atoms with Gasteiger partial charge < -0.3 is 9.67 Å². The van der Waals surface area contributed by atoms with Gasteiger partial charge in [-0.1, -0.05) is 23.7 Å². The number of aliphatic hydroxyl groups is 1. The van der Waals surface area contributed by atoms with Gasteiger partial charge in [-0.2, -0.15) is 5.06 Å². The molecule has 0 bridgehead atoms. The first-order chi connectivity index (χ1) is 10.6. The molecule has 5 nitrogen and oxygen atoms in total. The summed E-state index contributed by atoms with van der Waals surface area (Å²) in [4.78, 5) is 10.1. The Morgan fingerprint density at radius 3 is 2.82 bits per heavy atom. The maximum absolute atomic E-state index is 9.22. The Hall–Kier alpha value is -1.40. The number of nitrogens with zero attached hydrogens (tertiary/aromatic N) is 3. The van der Waals surface area contributed by atoms with Crippen molar-refractivity contribution in [3.05, 3.63) is 53.6 Å². The molecule has 0 radical (unpaired) electrons. The van der Waals surface area contributed by atoms with Crippen LogP contribution in [0.2, 0.25) is 5.02 Å². The summed E-state index contributed by atoms with van der Waals surface area (Å²) in [5.74, 6) is 0. The van der Waals surface area contributed by atoms with Crippen LogP contribution in [0, 0.1) is 0 Å². The van der Waals surface area contributed by atoms with Crippen LogP contribution in [0.3, 0.4) is 0 Å². The van der Waals surface area contributed by atoms with E-state index in [-0.39, 0.29) is 18.2 Å². The molecule has 2 aromatic rings. The molecule has 3 rings (SSSR count). The van der Waals surface area contributed by atoms with Crippen LogP contribution in [0.15, 0.2) is 43.0 Å². The zero-order chi connectivity index (χ0) is 15.6. The van der Waals surface area contributed by atoms with Gasteiger partial charge in [0.25, 0.3) is 0 Å². The summed E-state index contributed by atoms with van der Waals surface area (Å²) in [5.41, 5.74) is 0.846. The third-order valence-corrected chi connectivity index (χ3v) is 4.56. The van der Waals surface area contributed by atoms with Crippen LogP contribution >= 0.6 is 11.6 Å². The number of aromatic nitrogens is 2. The molecule has 0 spiro atoms. The number of halogens is 1. The highest BCUT2D eigenvalue weighted by Crippen LogP contribution is 2.42. The Kier molecular flexibility index (Phi) is 4.49. The molecular formula is C16H20ClN3O2. The normalized spacial score (nSPS) is 25.7. The highest BCUT2D eigenvalue weighted by molar-refractivity contribution is 6.30. The smallest absolute Gasteiger partial charge is 0.0946 e. The van der Waals surface area contributed by atoms with Gasteiger partial charge >= 0.3 is 0 Å². The lowest BCUT2D eigenvalue weighted by Gasteiger charge is -2.35. The Bertz CT molecular complexity index is 602. The zero-order valence-electron chi connectivity index (χ0n) is 12.5. The van der Waals surface area contributed by atoms with Gasteiger partial charge in [0.05, 0.1) is 18.0 Å². The predicted octanol–water partition coefficient (Wildman–Crippen LogP) is 2.45. The molecule has 1 fully saturated rings. The van der Waals surface area contributed by atoms with Crippen LogP contribution in [0.1, 0.15) is 18.4 Å². The van der Waals surface area contributed by atoms with Crippen molar-refractivity contribution in [1.29, 1.82) is 0 Å². The molecule has 1 saturated heterocycles. The van der Waals surface area contributed by atoms with Gasteiger partial charge in [0.1, 0.15) is 0 Å². The second-order valence-electron chi connectivity index (χ2n) is 5.71. The molecule has 1 N–H and O–H groups in total. The lowest BCUT2D eigenvalue weighted by Crippen LogP contribution is -2.41. The Morgan fingerprint density at radius 2 is 2.18 bits per heavy atom. The molecule has 1 aliphatic rings. The van der Waals surface area contributed by atoms with E-state index in [1.165, 1.54) is 0 Å². The molecule has 0 saturated carbocycles. The first-order valence-electron chi connectivity index (χ1n) is 7.37. The van der Waals surface area contributed by atoms with Crippen LogP contribution in [0.25, 0.3) is 0 Å². The topological polar surface area (TPSA) is 50.5 Å². The lowest BCUT2D eigenvalue weighted by molar-refractivity contribution is -0.177. The van der Waals surface area contributed by atoms with Crippen LogP contribution in [-0.2, 0) is 16.9 Å². The van der Waals surface area contributed by atoms with Crippen LogP contribution in [-0.4, -0.2) is 39.5 Å². The fourth-order valence-corrected chi connectivity index (χ4v) is 3.29. The number of hydrogen-bond donors (Lipinski definition) is 1. The predicted molar refractivity (Wildman–Crippen MR) is 84.3 cm³/mol. The van der Waals surface area contributed by atoms with Gasteiger partial charge in [-0.3, -0.25) is 4.84 Å². The Balaban J connectivity index is 1.96. The van der Waals surface area contributed by atoms with Gasteiger partial charge in [-0.05, 0) is 24.1 Å². The summed E-state index contributed by atoms with van der Waals surface area (Å²) in [5, 5.41) is 11.8. The van der Waals surface area contributed by atoms with Crippen molar-refractivity contribution in [3.8, 4) is 0 Å². The molecule has 6 heteroatoms. The van der Waals surface area contributed by atoms with Crippen molar-refractivity contribution in [2.24, 2.45) is 0 Å². The standard InChI is InChI=1S/C16H20ClN3O2/c1-19-16(10-15(22-19)6-9-21,11-20-8-7-18-12-20)13-2-4-14(17)5-3-13/h2-5,7-8,12,15,21H,6,9-11H2,1H3. The van der Waals surface area contributed by atoms with E-state index in [0.717, 1.165) is 23.6 Å². The number of rotatable bonds is 5. The number of benzene rings is 1. The number of aliphatic hydroxyl groups excluding tert-OH is 1. The van der Waals surface area contributed by atoms with Crippen LogP contribution in [0.5, 0.6) is 0 Å². The van der Waals surface area contributed by atoms with Gasteiger partial charge in [0, 0.05) is 44.0 Å². The first-order valence-corrected chi connectivity index (χ1v) is 7.75. The molecule has 2 unspecified atom stereocenters. The van der Waals surface area contributed by atoms with E-state index in [2.05, 4.69) is 9.55 Å². The van der Waals surface area contributed by atoms with Crippen LogP contribution < -0.4 is 0 Å². The van der Waals surface area contributed by atoms with Crippen molar-refractivity contribution >= 4 is 11.6 Å². The van der Waals surface area contributed by atoms with Gasteiger partial charge in [0.15, 0.2) is 0 Å². The minimum absolute atomic E-state index is 0.00852. The van der Waals surface area contributed by atoms with Crippen molar-refractivity contribution in [3.63, 3.8) is 0 Å². The molecule has 1 aliphatic heterocycles. The summed E-state index contributed by atoms with van der Waals surface area (Å²) in [6.07, 6.45) is 6.98. The number of hydroxylamine groups is 2. The molecule has 22 heavy (non-hydrogen) atoms. The molecule has 2 heterocycles. The third-order valence-electron chi connectivity index (χ3n) is 4.31. The summed E-state index contributed by atoms with van der Waals surface area (Å²) in [6, 6.07) is 7.89. The summed E-state index contributed by atoms with van der Waals surface area (Å²) >= 11 is 6.03. The summed E-state index contributed by atoms with van der Waals surface area (Å²) in [6.45, 7) is 0.855. The molecule has 118 valence electrons. The number of hydrogen-bond acceptors (Lipinski definition) is 4. The fraction of sp³-hybridized carbons (Fsp3) is 0.438. The minimum Gasteiger partial charge on any atom is -0.396 e. The molecule has 1 aromatic heterocycles. The average molecular weight is 322 g/mol. The molecule has 2 atom stereocenters. The van der Waals surface area contributed by atoms with Crippen LogP contribution in [0.4, 0.5) is 0 Å². The largest absolute Gasteiger partial charge is 0.396 e. The van der Waals surface area contributed by atoms with Crippen molar-refractivity contribution in [2.75, 3.05) is 13.7 Å². The van der Waals surface area contributed by atoms with E-state index < -0.39 is 0 Å². The van der Waals surface area contributed by atoms with Gasteiger partial charge in [-0.15, -0.1) is 0 Å². The summed E-state index contributed by atoms with van der Waals surface area (Å²) < 4.78 is 2.05.